The van der Waals surface area contributed by atoms with Gasteiger partial charge in [-0.3, -0.25) is 38.3 Å². The molecule has 4 rings (SSSR count). The molecule has 4 heterocycles. The van der Waals surface area contributed by atoms with E-state index in [1.165, 1.54) is 27.8 Å². The summed E-state index contributed by atoms with van der Waals surface area (Å²) < 4.78 is 97.2. The van der Waals surface area contributed by atoms with Crippen LogP contribution in [0.4, 0.5) is 26.3 Å². The standard InChI is InChI=1S/C17H20F3N3O5S.C15H15F3N6O6/c1-3-11-12(27-9-29-2)7-13(28-11)23-8-10(14(24)22-16(23)26)5-4-6-21-15(25)17(18,19)20;16-15(17,18)13(27)20-3-1-2-8-5-24(14(28)22-12(8)26)11-4-9(10(6-25)30-11)29-7-21-23-19/h8,11-13H,3,6-7,9H2,1-2H3,(H,21,25)(H,22,24,26);5,9-11,25H,3-4,6-7H2,(H,20,27)(H,22,26,28). The van der Waals surface area contributed by atoms with Crippen molar-refractivity contribution in [2.24, 2.45) is 5.11 Å². The summed E-state index contributed by atoms with van der Waals surface area (Å²) in [6.07, 6.45) is -8.48. The molecule has 322 valence electrons. The maximum atomic E-state index is 12.2. The van der Waals surface area contributed by atoms with Gasteiger partial charge in [0.1, 0.15) is 36.4 Å². The van der Waals surface area contributed by atoms with E-state index >= 15 is 0 Å². The van der Waals surface area contributed by atoms with Gasteiger partial charge in [-0.25, -0.2) is 9.59 Å². The largest absolute Gasteiger partial charge is 0.471 e. The van der Waals surface area contributed by atoms with E-state index in [1.807, 2.05) is 18.2 Å². The van der Waals surface area contributed by atoms with Crippen LogP contribution in [0.25, 0.3) is 10.4 Å². The van der Waals surface area contributed by atoms with Crippen molar-refractivity contribution in [3.05, 3.63) is 75.6 Å². The van der Waals surface area contributed by atoms with Gasteiger partial charge >= 0.3 is 35.5 Å². The van der Waals surface area contributed by atoms with Crippen molar-refractivity contribution in [3.8, 4) is 23.7 Å². The Bertz CT molecular complexity index is 2220. The maximum absolute atomic E-state index is 12.2. The fourth-order valence-corrected chi connectivity index (χ4v) is 5.55. The van der Waals surface area contributed by atoms with Crippen LogP contribution in [0.1, 0.15) is 49.8 Å². The third kappa shape index (κ3) is 14.1. The number of nitrogens with one attached hydrogen (secondary N) is 4. The lowest BCUT2D eigenvalue weighted by molar-refractivity contribution is -0.173. The predicted octanol–water partition coefficient (Wildman–Crippen LogP) is 0.469. The third-order valence-electron chi connectivity index (χ3n) is 7.94. The predicted molar refractivity (Wildman–Crippen MR) is 191 cm³/mol. The van der Waals surface area contributed by atoms with Gasteiger partial charge in [0.2, 0.25) is 0 Å². The number of ether oxygens (including phenoxy) is 4. The first-order valence-corrected chi connectivity index (χ1v) is 18.3. The Morgan fingerprint density at radius 2 is 1.36 bits per heavy atom. The van der Waals surface area contributed by atoms with Crippen molar-refractivity contribution in [1.82, 2.24) is 29.7 Å². The topological polar surface area (TPSA) is 274 Å². The van der Waals surface area contributed by atoms with E-state index in [1.54, 1.807) is 5.32 Å². The number of aliphatic hydroxyl groups is 1. The van der Waals surface area contributed by atoms with E-state index in [0.29, 0.717) is 18.8 Å². The number of rotatable bonds is 12. The molecule has 2 amide bonds. The Kier molecular flexibility index (Phi) is 17.8. The first-order chi connectivity index (χ1) is 27.8. The van der Waals surface area contributed by atoms with Crippen LogP contribution in [-0.2, 0) is 28.5 Å². The fourth-order valence-electron chi connectivity index (χ4n) is 5.23. The molecule has 0 saturated carbocycles. The molecule has 20 nitrogen and oxygen atoms in total. The van der Waals surface area contributed by atoms with E-state index < -0.39 is 91.0 Å². The molecule has 0 spiro atoms. The summed E-state index contributed by atoms with van der Waals surface area (Å²) >= 11 is 1.51. The zero-order valence-corrected chi connectivity index (χ0v) is 31.5. The molecule has 2 aromatic heterocycles. The molecule has 2 aliphatic rings. The highest BCUT2D eigenvalue weighted by Crippen LogP contribution is 2.32. The summed E-state index contributed by atoms with van der Waals surface area (Å²) in [6.45, 7) is -0.155. The zero-order valence-electron chi connectivity index (χ0n) is 30.7. The number of aromatic nitrogens is 4. The number of azide groups is 1. The number of aliphatic hydroxyl groups excluding tert-OH is 1. The maximum Gasteiger partial charge on any atom is 0.471 e. The number of nitrogens with zero attached hydrogens (tertiary/aromatic N) is 5. The van der Waals surface area contributed by atoms with Gasteiger partial charge in [-0.1, -0.05) is 35.7 Å². The van der Waals surface area contributed by atoms with Crippen molar-refractivity contribution in [1.29, 1.82) is 0 Å². The van der Waals surface area contributed by atoms with E-state index in [-0.39, 0.29) is 36.5 Å². The molecule has 0 radical (unpaired) electrons. The van der Waals surface area contributed by atoms with Gasteiger partial charge < -0.3 is 34.7 Å². The Hall–Kier alpha value is -5.54. The third-order valence-corrected chi connectivity index (χ3v) is 8.32. The number of halogens is 6. The minimum atomic E-state index is -5.06. The van der Waals surface area contributed by atoms with Gasteiger partial charge in [0, 0.05) is 30.1 Å². The van der Waals surface area contributed by atoms with Crippen molar-refractivity contribution < 1.29 is 60.0 Å². The van der Waals surface area contributed by atoms with Crippen LogP contribution < -0.4 is 33.1 Å². The average Bonchev–Trinajstić information content (AvgIpc) is 3.78. The Morgan fingerprint density at radius 3 is 1.76 bits per heavy atom. The lowest BCUT2D eigenvalue weighted by Gasteiger charge is -2.16. The quantitative estimate of drug-likeness (QED) is 0.0487. The summed E-state index contributed by atoms with van der Waals surface area (Å²) in [4.78, 5) is 76.1. The van der Waals surface area contributed by atoms with Gasteiger partial charge in [0.05, 0.1) is 43.9 Å². The van der Waals surface area contributed by atoms with Gasteiger partial charge in [-0.05, 0) is 18.2 Å². The lowest BCUT2D eigenvalue weighted by atomic mass is 10.1. The summed E-state index contributed by atoms with van der Waals surface area (Å²) in [5.74, 6) is 5.20. The molecule has 27 heteroatoms. The Morgan fingerprint density at radius 1 is 0.898 bits per heavy atom. The van der Waals surface area contributed by atoms with Crippen molar-refractivity contribution in [2.45, 2.75) is 75.4 Å². The minimum absolute atomic E-state index is 0.0621. The first-order valence-electron chi connectivity index (χ1n) is 16.9. The molecule has 5 N–H and O–H groups in total. The number of hydrogen-bond acceptors (Lipinski definition) is 13. The number of alkyl halides is 6. The van der Waals surface area contributed by atoms with Crippen molar-refractivity contribution >= 4 is 23.6 Å². The van der Waals surface area contributed by atoms with Gasteiger partial charge in [-0.15, -0.1) is 11.8 Å². The number of amides is 2. The molecular weight excluding hydrogens is 832 g/mol. The van der Waals surface area contributed by atoms with E-state index in [2.05, 4.69) is 38.7 Å². The van der Waals surface area contributed by atoms with Crippen molar-refractivity contribution in [2.75, 3.05) is 38.6 Å². The highest BCUT2D eigenvalue weighted by Gasteiger charge is 2.40. The second-order valence-electron chi connectivity index (χ2n) is 11.9. The second-order valence-corrected chi connectivity index (χ2v) is 12.7. The molecule has 0 aromatic carbocycles. The monoisotopic (exact) mass is 867 g/mol. The summed E-state index contributed by atoms with van der Waals surface area (Å²) in [5.41, 5.74) is 4.63. The Labute approximate surface area is 331 Å². The van der Waals surface area contributed by atoms with Gasteiger partial charge in [0.15, 0.2) is 0 Å². The SMILES string of the molecule is CCC1OC(n2cc(C#CCNC(=O)C(F)(F)F)c(=O)[nH]c2=O)CC1OCSC.[N-]=[N+]=NCOC1CC(n2cc(C#CCNC(=O)C(F)(F)F)c(=O)[nH]c2=O)OC1CO. The minimum Gasteiger partial charge on any atom is -0.394 e. The van der Waals surface area contributed by atoms with E-state index in [0.717, 1.165) is 10.8 Å². The average molecular weight is 868 g/mol. The number of thioether (sulfide) groups is 1. The summed E-state index contributed by atoms with van der Waals surface area (Å²) in [6, 6.07) is 0. The highest BCUT2D eigenvalue weighted by molar-refractivity contribution is 7.98. The molecule has 2 aliphatic heterocycles. The number of hydrogen-bond donors (Lipinski definition) is 5. The van der Waals surface area contributed by atoms with Crippen LogP contribution in [-0.4, -0.2) is 111 Å². The van der Waals surface area contributed by atoms with Crippen LogP contribution in [0.5, 0.6) is 0 Å². The van der Waals surface area contributed by atoms with Gasteiger partial charge in [0.25, 0.3) is 11.1 Å². The molecule has 2 saturated heterocycles. The summed E-state index contributed by atoms with van der Waals surface area (Å²) in [7, 11) is 0. The molecule has 6 unspecified atom stereocenters. The molecule has 0 bridgehead atoms. The van der Waals surface area contributed by atoms with Gasteiger partial charge in [-0.2, -0.15) is 26.3 Å². The van der Waals surface area contributed by atoms with E-state index in [4.69, 9.17) is 24.5 Å². The number of H-pyrrole nitrogens is 2. The molecular formula is C32H35F6N9O11S. The first kappa shape index (κ1) is 47.8. The number of carbonyl (C=O) groups excluding carboxylic acids is 2. The normalized spacial score (nSPS) is 21.1. The lowest BCUT2D eigenvalue weighted by Crippen LogP contribution is -2.37. The zero-order chi connectivity index (χ0) is 43.9. The number of aromatic amines is 2. The highest BCUT2D eigenvalue weighted by atomic mass is 32.2. The molecule has 2 aromatic rings. The van der Waals surface area contributed by atoms with Crippen LogP contribution in [0, 0.1) is 23.7 Å². The molecule has 0 aliphatic carbocycles. The van der Waals surface area contributed by atoms with E-state index in [9.17, 15) is 60.2 Å². The molecule has 6 atom stereocenters. The van der Waals surface area contributed by atoms with Crippen LogP contribution in [0.2, 0.25) is 0 Å². The van der Waals surface area contributed by atoms with Crippen molar-refractivity contribution in [3.63, 3.8) is 0 Å². The second kappa shape index (κ2) is 22.0. The van der Waals surface area contributed by atoms with Crippen LogP contribution >= 0.6 is 11.8 Å². The molecule has 2 fully saturated rings. The molecule has 59 heavy (non-hydrogen) atoms. The Balaban J connectivity index is 0.000000316. The smallest absolute Gasteiger partial charge is 0.394 e. The number of carbonyl (C=O) groups is 2. The van der Waals surface area contributed by atoms with Crippen LogP contribution in [0.15, 0.2) is 36.7 Å². The summed E-state index contributed by atoms with van der Waals surface area (Å²) in [5, 5.41) is 15.7. The fraction of sp³-hybridized carbons (Fsp3) is 0.562. The van der Waals surface area contributed by atoms with Crippen LogP contribution in [0.3, 0.4) is 0 Å².